The Hall–Kier alpha value is -4.04. The van der Waals surface area contributed by atoms with Gasteiger partial charge in [0.25, 0.3) is 5.78 Å². The maximum Gasteiger partial charge on any atom is 0.301 e. The number of amides is 1. The molecule has 7 nitrogen and oxygen atoms in total. The number of benzene rings is 2. The third kappa shape index (κ3) is 3.49. The molecule has 0 radical (unpaired) electrons. The second kappa shape index (κ2) is 8.02. The van der Waals surface area contributed by atoms with E-state index in [0.717, 1.165) is 27.1 Å². The molecule has 2 aromatic heterocycles. The summed E-state index contributed by atoms with van der Waals surface area (Å²) in [6.07, 6.45) is 3.98. The van der Waals surface area contributed by atoms with Crippen LogP contribution in [0.5, 0.6) is 5.75 Å². The van der Waals surface area contributed by atoms with Gasteiger partial charge in [-0.3, -0.25) is 19.5 Å². The van der Waals surface area contributed by atoms with Crippen LogP contribution < -0.4 is 9.64 Å². The summed E-state index contributed by atoms with van der Waals surface area (Å²) < 4.78 is 6.68. The van der Waals surface area contributed by atoms with Crippen molar-refractivity contribution in [1.82, 2.24) is 9.97 Å². The van der Waals surface area contributed by atoms with Crippen LogP contribution >= 0.6 is 11.3 Å². The second-order valence-electron chi connectivity index (χ2n) is 8.88. The molecule has 35 heavy (non-hydrogen) atoms. The van der Waals surface area contributed by atoms with Gasteiger partial charge >= 0.3 is 5.91 Å². The molecule has 0 aliphatic carbocycles. The lowest BCUT2D eigenvalue weighted by atomic mass is 9.95. The number of ketones is 1. The number of aliphatic hydroxyl groups excluding tert-OH is 1. The number of thiazole rings is 1. The fraction of sp³-hybridized carbons (Fsp3) is 0.185. The summed E-state index contributed by atoms with van der Waals surface area (Å²) in [5.41, 5.74) is 3.87. The molecule has 2 aliphatic heterocycles. The second-order valence-corrected chi connectivity index (χ2v) is 9.89. The maximum absolute atomic E-state index is 13.4. The number of hydrogen-bond acceptors (Lipinski definition) is 7. The van der Waals surface area contributed by atoms with E-state index >= 15 is 0 Å². The minimum absolute atomic E-state index is 0.0188. The fourth-order valence-electron chi connectivity index (χ4n) is 4.73. The van der Waals surface area contributed by atoms with Crippen LogP contribution in [0.3, 0.4) is 0 Å². The van der Waals surface area contributed by atoms with Crippen LogP contribution in [0.4, 0.5) is 5.13 Å². The first-order valence-electron chi connectivity index (χ1n) is 11.3. The van der Waals surface area contributed by atoms with E-state index in [1.807, 2.05) is 38.1 Å². The number of carbonyl (C=O) groups excluding carboxylic acids is 2. The van der Waals surface area contributed by atoms with Crippen LogP contribution in [-0.2, 0) is 16.0 Å². The number of aliphatic hydroxyl groups is 1. The standard InChI is InChI=1S/C27H21N3O4S/c1-14-5-7-19-21(10-14)35-27(29-19)30-23(17-4-3-9-28-13-17)22(25(32)26(30)33)24(31)16-6-8-20-18(12-16)11-15(2)34-20/h3-10,12-13,15,23,31H,11H2,1-2H3/b24-22+/t15-,23-/m1/s1. The van der Waals surface area contributed by atoms with E-state index < -0.39 is 17.7 Å². The van der Waals surface area contributed by atoms with Crippen molar-refractivity contribution < 1.29 is 19.4 Å². The summed E-state index contributed by atoms with van der Waals surface area (Å²) in [5, 5.41) is 11.8. The lowest BCUT2D eigenvalue weighted by Crippen LogP contribution is -2.29. The first-order chi connectivity index (χ1) is 16.9. The highest BCUT2D eigenvalue weighted by Gasteiger charge is 2.48. The molecule has 6 rings (SSSR count). The SMILES string of the molecule is Cc1ccc2nc(N3C(=O)C(=O)/C(=C(/O)c4ccc5c(c4)C[C@@H](C)O5)[C@H]3c3cccnc3)sc2c1. The zero-order valence-electron chi connectivity index (χ0n) is 19.1. The highest BCUT2D eigenvalue weighted by molar-refractivity contribution is 7.22. The molecule has 2 aromatic carbocycles. The van der Waals surface area contributed by atoms with E-state index in [-0.39, 0.29) is 17.4 Å². The quantitative estimate of drug-likeness (QED) is 0.252. The molecule has 1 saturated heterocycles. The maximum atomic E-state index is 13.4. The number of anilines is 1. The molecule has 4 aromatic rings. The lowest BCUT2D eigenvalue weighted by Gasteiger charge is -2.22. The first kappa shape index (κ1) is 21.5. The van der Waals surface area contributed by atoms with Gasteiger partial charge in [0.05, 0.1) is 21.8 Å². The van der Waals surface area contributed by atoms with Crippen molar-refractivity contribution in [3.8, 4) is 5.75 Å². The van der Waals surface area contributed by atoms with Gasteiger partial charge in [-0.05, 0) is 66.9 Å². The van der Waals surface area contributed by atoms with E-state index in [1.54, 1.807) is 36.7 Å². The van der Waals surface area contributed by atoms with E-state index in [0.29, 0.717) is 22.7 Å². The van der Waals surface area contributed by atoms with Crippen LogP contribution in [0.1, 0.15) is 35.2 Å². The molecule has 0 bridgehead atoms. The zero-order valence-corrected chi connectivity index (χ0v) is 19.9. The Morgan fingerprint density at radius 2 is 2.03 bits per heavy atom. The van der Waals surface area contributed by atoms with Crippen molar-refractivity contribution in [2.24, 2.45) is 0 Å². The average molecular weight is 484 g/mol. The monoisotopic (exact) mass is 483 g/mol. The van der Waals surface area contributed by atoms with E-state index in [1.165, 1.54) is 16.2 Å². The lowest BCUT2D eigenvalue weighted by molar-refractivity contribution is -0.132. The predicted octanol–water partition coefficient (Wildman–Crippen LogP) is 4.95. The molecule has 8 heteroatoms. The molecule has 1 fully saturated rings. The van der Waals surface area contributed by atoms with Gasteiger partial charge in [-0.25, -0.2) is 4.98 Å². The van der Waals surface area contributed by atoms with Crippen LogP contribution in [0.2, 0.25) is 0 Å². The number of carbonyl (C=O) groups is 2. The zero-order chi connectivity index (χ0) is 24.3. The smallest absolute Gasteiger partial charge is 0.301 e. The van der Waals surface area contributed by atoms with Gasteiger partial charge in [0.1, 0.15) is 17.6 Å². The summed E-state index contributed by atoms with van der Waals surface area (Å²) >= 11 is 1.34. The predicted molar refractivity (Wildman–Crippen MR) is 134 cm³/mol. The summed E-state index contributed by atoms with van der Waals surface area (Å²) in [5.74, 6) is -0.937. The Balaban J connectivity index is 1.53. The molecule has 0 saturated carbocycles. The van der Waals surface area contributed by atoms with Crippen molar-refractivity contribution in [3.05, 3.63) is 88.8 Å². The third-order valence-electron chi connectivity index (χ3n) is 6.35. The highest BCUT2D eigenvalue weighted by Crippen LogP contribution is 2.44. The number of hydrogen-bond donors (Lipinski definition) is 1. The van der Waals surface area contributed by atoms with E-state index in [9.17, 15) is 14.7 Å². The highest BCUT2D eigenvalue weighted by atomic mass is 32.1. The minimum atomic E-state index is -0.853. The summed E-state index contributed by atoms with van der Waals surface area (Å²) in [7, 11) is 0. The Labute approximate surface area is 205 Å². The molecule has 1 N–H and O–H groups in total. The van der Waals surface area contributed by atoms with Crippen LogP contribution in [-0.4, -0.2) is 32.9 Å². The molecule has 0 unspecified atom stereocenters. The molecule has 2 atom stereocenters. The fourth-order valence-corrected chi connectivity index (χ4v) is 5.82. The normalized spacial score (nSPS) is 20.9. The number of Topliss-reactive ketones (excluding diaryl/α,β-unsaturated/α-hetero) is 1. The summed E-state index contributed by atoms with van der Waals surface area (Å²) in [6, 6.07) is 13.9. The van der Waals surface area contributed by atoms with Crippen molar-refractivity contribution in [1.29, 1.82) is 0 Å². The Bertz CT molecular complexity index is 1540. The van der Waals surface area contributed by atoms with Crippen molar-refractivity contribution >= 4 is 44.1 Å². The van der Waals surface area contributed by atoms with E-state index in [4.69, 9.17) is 4.74 Å². The number of aryl methyl sites for hydroxylation is 1. The Kier molecular flexibility index (Phi) is 4.93. The van der Waals surface area contributed by atoms with Gasteiger partial charge < -0.3 is 9.84 Å². The van der Waals surface area contributed by atoms with Gasteiger partial charge in [-0.15, -0.1) is 0 Å². The first-order valence-corrected chi connectivity index (χ1v) is 12.1. The van der Waals surface area contributed by atoms with Crippen molar-refractivity contribution in [3.63, 3.8) is 0 Å². The number of ether oxygens (including phenoxy) is 1. The van der Waals surface area contributed by atoms with Crippen molar-refractivity contribution in [2.75, 3.05) is 4.90 Å². The number of fused-ring (bicyclic) bond motifs is 2. The molecular formula is C27H21N3O4S. The molecule has 174 valence electrons. The number of aromatic nitrogens is 2. The molecule has 0 spiro atoms. The van der Waals surface area contributed by atoms with Crippen LogP contribution in [0.15, 0.2) is 66.5 Å². The molecular weight excluding hydrogens is 462 g/mol. The molecule has 4 heterocycles. The van der Waals surface area contributed by atoms with Gasteiger partial charge in [-0.1, -0.05) is 23.5 Å². The largest absolute Gasteiger partial charge is 0.507 e. The Morgan fingerprint density at radius 1 is 1.17 bits per heavy atom. The van der Waals surface area contributed by atoms with E-state index in [2.05, 4.69) is 9.97 Å². The number of pyridine rings is 1. The van der Waals surface area contributed by atoms with Crippen LogP contribution in [0.25, 0.3) is 16.0 Å². The minimum Gasteiger partial charge on any atom is -0.507 e. The Morgan fingerprint density at radius 3 is 2.83 bits per heavy atom. The van der Waals surface area contributed by atoms with Gasteiger partial charge in [0.2, 0.25) is 0 Å². The number of rotatable bonds is 3. The average Bonchev–Trinajstić information content (AvgIpc) is 3.51. The van der Waals surface area contributed by atoms with Crippen LogP contribution in [0, 0.1) is 6.92 Å². The molecule has 2 aliphatic rings. The van der Waals surface area contributed by atoms with Gasteiger partial charge in [-0.2, -0.15) is 0 Å². The summed E-state index contributed by atoms with van der Waals surface area (Å²) in [6.45, 7) is 3.97. The summed E-state index contributed by atoms with van der Waals surface area (Å²) in [4.78, 5) is 37.0. The van der Waals surface area contributed by atoms with Gasteiger partial charge in [0.15, 0.2) is 5.13 Å². The topological polar surface area (TPSA) is 92.6 Å². The number of nitrogens with zero attached hydrogens (tertiary/aromatic N) is 3. The third-order valence-corrected chi connectivity index (χ3v) is 7.37. The van der Waals surface area contributed by atoms with Crippen molar-refractivity contribution in [2.45, 2.75) is 32.4 Å². The van der Waals surface area contributed by atoms with Gasteiger partial charge in [0, 0.05) is 24.4 Å². The molecule has 1 amide bonds.